The van der Waals surface area contributed by atoms with Crippen LogP contribution in [-0.2, 0) is 4.74 Å². The molecule has 94 valence electrons. The third-order valence-electron chi connectivity index (χ3n) is 1.91. The molecule has 0 bridgehead atoms. The lowest BCUT2D eigenvalue weighted by atomic mass is 10.2. The molecule has 7 heteroatoms. The number of nitrogens with zero attached hydrogens (tertiary/aromatic N) is 1. The smallest absolute Gasteiger partial charge is 0.360 e. The summed E-state index contributed by atoms with van der Waals surface area (Å²) in [6.45, 7) is 1.61. The van der Waals surface area contributed by atoms with E-state index in [1.807, 2.05) is 0 Å². The summed E-state index contributed by atoms with van der Waals surface area (Å²) in [5.74, 6) is -2.87. The van der Waals surface area contributed by atoms with Crippen LogP contribution in [0.4, 0.5) is 13.2 Å². The molecule has 0 amide bonds. The SMILES string of the molecule is CCOC(=O)c1ncc(C(F)F)c(F)c1OC. The molecular formula is C10H10F3NO3. The fraction of sp³-hybridized carbons (Fsp3) is 0.400. The minimum absolute atomic E-state index is 0.0574. The lowest BCUT2D eigenvalue weighted by Crippen LogP contribution is -2.11. The highest BCUT2D eigenvalue weighted by atomic mass is 19.3. The van der Waals surface area contributed by atoms with Gasteiger partial charge < -0.3 is 9.47 Å². The Morgan fingerprint density at radius 3 is 2.65 bits per heavy atom. The van der Waals surface area contributed by atoms with E-state index in [0.717, 1.165) is 7.11 Å². The predicted octanol–water partition coefficient (Wildman–Crippen LogP) is 2.34. The second-order valence-electron chi connectivity index (χ2n) is 2.93. The van der Waals surface area contributed by atoms with Crippen molar-refractivity contribution in [2.24, 2.45) is 0 Å². The number of carbonyl (C=O) groups is 1. The summed E-state index contributed by atoms with van der Waals surface area (Å²) in [6.07, 6.45) is -2.44. The van der Waals surface area contributed by atoms with E-state index in [0.29, 0.717) is 6.20 Å². The molecule has 1 aromatic heterocycles. The van der Waals surface area contributed by atoms with Gasteiger partial charge in [0.05, 0.1) is 19.3 Å². The average molecular weight is 249 g/mol. The molecule has 0 aliphatic rings. The predicted molar refractivity (Wildman–Crippen MR) is 51.7 cm³/mol. The number of hydrogen-bond donors (Lipinski definition) is 0. The van der Waals surface area contributed by atoms with E-state index in [4.69, 9.17) is 0 Å². The van der Waals surface area contributed by atoms with Crippen LogP contribution in [0, 0.1) is 5.82 Å². The molecule has 1 rings (SSSR count). The van der Waals surface area contributed by atoms with Gasteiger partial charge in [-0.15, -0.1) is 0 Å². The number of carbonyl (C=O) groups excluding carboxylic acids is 1. The molecule has 1 aromatic rings. The van der Waals surface area contributed by atoms with Crippen LogP contribution < -0.4 is 4.74 Å². The number of pyridine rings is 1. The lowest BCUT2D eigenvalue weighted by Gasteiger charge is -2.10. The summed E-state index contributed by atoms with van der Waals surface area (Å²) in [4.78, 5) is 14.8. The highest BCUT2D eigenvalue weighted by Gasteiger charge is 2.25. The molecule has 0 radical (unpaired) electrons. The summed E-state index contributed by atoms with van der Waals surface area (Å²) < 4.78 is 47.4. The minimum atomic E-state index is -3.03. The van der Waals surface area contributed by atoms with Crippen LogP contribution in [0.15, 0.2) is 6.20 Å². The molecule has 0 saturated heterocycles. The van der Waals surface area contributed by atoms with Crippen molar-refractivity contribution in [1.82, 2.24) is 4.98 Å². The van der Waals surface area contributed by atoms with E-state index in [9.17, 15) is 18.0 Å². The normalized spacial score (nSPS) is 10.5. The van der Waals surface area contributed by atoms with E-state index < -0.39 is 35.2 Å². The van der Waals surface area contributed by atoms with Crippen molar-refractivity contribution >= 4 is 5.97 Å². The Labute approximate surface area is 95.4 Å². The van der Waals surface area contributed by atoms with E-state index in [1.54, 1.807) is 6.92 Å². The lowest BCUT2D eigenvalue weighted by molar-refractivity contribution is 0.0513. The molecule has 0 aliphatic carbocycles. The van der Waals surface area contributed by atoms with Gasteiger partial charge >= 0.3 is 5.97 Å². The van der Waals surface area contributed by atoms with E-state index in [1.165, 1.54) is 0 Å². The highest BCUT2D eigenvalue weighted by molar-refractivity contribution is 5.90. The van der Waals surface area contributed by atoms with Crippen LogP contribution in [-0.4, -0.2) is 24.7 Å². The van der Waals surface area contributed by atoms with Gasteiger partial charge in [-0.1, -0.05) is 0 Å². The summed E-state index contributed by atoms with van der Waals surface area (Å²) in [7, 11) is 1.05. The first-order valence-corrected chi connectivity index (χ1v) is 4.70. The van der Waals surface area contributed by atoms with Crippen LogP contribution in [0.3, 0.4) is 0 Å². The number of hydrogen-bond acceptors (Lipinski definition) is 4. The fourth-order valence-corrected chi connectivity index (χ4v) is 1.17. The molecule has 0 aliphatic heterocycles. The Bertz CT molecular complexity index is 424. The van der Waals surface area contributed by atoms with Crippen molar-refractivity contribution in [2.75, 3.05) is 13.7 Å². The Hall–Kier alpha value is -1.79. The third kappa shape index (κ3) is 2.66. The molecule has 0 N–H and O–H groups in total. The zero-order valence-electron chi connectivity index (χ0n) is 9.17. The van der Waals surface area contributed by atoms with Crippen molar-refractivity contribution < 1.29 is 27.4 Å². The molecule has 0 aromatic carbocycles. The molecule has 1 heterocycles. The van der Waals surface area contributed by atoms with Crippen LogP contribution in [0.1, 0.15) is 29.4 Å². The van der Waals surface area contributed by atoms with Gasteiger partial charge in [0.25, 0.3) is 6.43 Å². The summed E-state index contributed by atoms with van der Waals surface area (Å²) >= 11 is 0. The van der Waals surface area contributed by atoms with Gasteiger partial charge in [0, 0.05) is 6.20 Å². The van der Waals surface area contributed by atoms with Gasteiger partial charge in [-0.05, 0) is 6.92 Å². The zero-order valence-corrected chi connectivity index (χ0v) is 9.17. The highest BCUT2D eigenvalue weighted by Crippen LogP contribution is 2.29. The maximum Gasteiger partial charge on any atom is 0.360 e. The maximum atomic E-state index is 13.5. The molecular weight excluding hydrogens is 239 g/mol. The third-order valence-corrected chi connectivity index (χ3v) is 1.91. The van der Waals surface area contributed by atoms with E-state index in [2.05, 4.69) is 14.5 Å². The quantitative estimate of drug-likeness (QED) is 0.768. The molecule has 0 spiro atoms. The first-order chi connectivity index (χ1) is 8.02. The summed E-state index contributed by atoms with van der Waals surface area (Å²) in [6, 6.07) is 0. The van der Waals surface area contributed by atoms with Crippen molar-refractivity contribution in [1.29, 1.82) is 0 Å². The Balaban J connectivity index is 3.25. The first-order valence-electron chi connectivity index (χ1n) is 4.70. The average Bonchev–Trinajstić information content (AvgIpc) is 2.28. The molecule has 4 nitrogen and oxygen atoms in total. The van der Waals surface area contributed by atoms with E-state index >= 15 is 0 Å². The largest absolute Gasteiger partial charge is 0.491 e. The number of halogens is 3. The molecule has 0 saturated carbocycles. The number of alkyl halides is 2. The van der Waals surface area contributed by atoms with Gasteiger partial charge in [0.15, 0.2) is 17.3 Å². The number of methoxy groups -OCH3 is 1. The number of ether oxygens (including phenoxy) is 2. The standard InChI is InChI=1S/C10H10F3NO3/c1-3-17-10(15)7-8(16-2)6(11)5(4-14-7)9(12)13/h4,9H,3H2,1-2H3. The summed E-state index contributed by atoms with van der Waals surface area (Å²) in [5.41, 5.74) is -1.38. The number of aromatic nitrogens is 1. The van der Waals surface area contributed by atoms with Crippen molar-refractivity contribution in [3.8, 4) is 5.75 Å². The number of esters is 1. The van der Waals surface area contributed by atoms with Crippen molar-refractivity contribution in [3.63, 3.8) is 0 Å². The van der Waals surface area contributed by atoms with Crippen molar-refractivity contribution in [2.45, 2.75) is 13.3 Å². The Kier molecular flexibility index (Phi) is 4.30. The Morgan fingerprint density at radius 1 is 1.53 bits per heavy atom. The van der Waals surface area contributed by atoms with Gasteiger partial charge in [0.2, 0.25) is 0 Å². The van der Waals surface area contributed by atoms with Crippen LogP contribution >= 0.6 is 0 Å². The summed E-state index contributed by atoms with van der Waals surface area (Å²) in [5, 5.41) is 0. The second-order valence-corrected chi connectivity index (χ2v) is 2.93. The van der Waals surface area contributed by atoms with Crippen LogP contribution in [0.5, 0.6) is 5.75 Å². The van der Waals surface area contributed by atoms with Gasteiger partial charge in [-0.3, -0.25) is 0 Å². The van der Waals surface area contributed by atoms with Gasteiger partial charge in [0.1, 0.15) is 0 Å². The second kappa shape index (κ2) is 5.51. The van der Waals surface area contributed by atoms with Crippen LogP contribution in [0.2, 0.25) is 0 Å². The van der Waals surface area contributed by atoms with Gasteiger partial charge in [-0.25, -0.2) is 22.9 Å². The zero-order chi connectivity index (χ0) is 13.0. The Morgan fingerprint density at radius 2 is 2.18 bits per heavy atom. The van der Waals surface area contributed by atoms with E-state index in [-0.39, 0.29) is 6.61 Å². The minimum Gasteiger partial charge on any atom is -0.491 e. The molecule has 0 unspecified atom stereocenters. The molecule has 17 heavy (non-hydrogen) atoms. The van der Waals surface area contributed by atoms with Gasteiger partial charge in [-0.2, -0.15) is 0 Å². The maximum absolute atomic E-state index is 13.5. The number of rotatable bonds is 4. The first kappa shape index (κ1) is 13.3. The topological polar surface area (TPSA) is 48.4 Å². The molecule has 0 fully saturated rings. The van der Waals surface area contributed by atoms with Crippen LogP contribution in [0.25, 0.3) is 0 Å². The fourth-order valence-electron chi connectivity index (χ4n) is 1.17. The molecule has 0 atom stereocenters. The van der Waals surface area contributed by atoms with Crippen molar-refractivity contribution in [3.05, 3.63) is 23.3 Å². The monoisotopic (exact) mass is 249 g/mol.